The van der Waals surface area contributed by atoms with Gasteiger partial charge in [0, 0.05) is 17.7 Å². The highest BCUT2D eigenvalue weighted by molar-refractivity contribution is 7.91. The van der Waals surface area contributed by atoms with Gasteiger partial charge in [-0.25, -0.2) is 8.42 Å². The van der Waals surface area contributed by atoms with Crippen molar-refractivity contribution >= 4 is 21.4 Å². The van der Waals surface area contributed by atoms with Gasteiger partial charge in [-0.05, 0) is 66.2 Å². The van der Waals surface area contributed by atoms with E-state index in [1.165, 1.54) is 43.3 Å². The molecular formula is C31H30F5N3O5S. The first kappa shape index (κ1) is 33.7. The van der Waals surface area contributed by atoms with E-state index < -0.39 is 52.3 Å². The van der Waals surface area contributed by atoms with Gasteiger partial charge in [0.2, 0.25) is 0 Å². The second kappa shape index (κ2) is 14.3. The Bertz CT molecular complexity index is 1590. The van der Waals surface area contributed by atoms with Crippen molar-refractivity contribution in [3.8, 4) is 11.8 Å². The zero-order valence-electron chi connectivity index (χ0n) is 24.0. The number of halogens is 5. The molecule has 8 nitrogen and oxygen atoms in total. The molecule has 3 atom stereocenters. The summed E-state index contributed by atoms with van der Waals surface area (Å²) >= 11 is 0. The number of nitriles is 1. The number of carbonyl (C=O) groups is 1. The number of nitrogens with one attached hydrogen (secondary N) is 1. The third-order valence-corrected chi connectivity index (χ3v) is 9.11. The molecule has 240 valence electrons. The fourth-order valence-electron chi connectivity index (χ4n) is 5.00. The highest BCUT2D eigenvalue weighted by Gasteiger charge is 2.35. The minimum absolute atomic E-state index is 0.0645. The number of ether oxygens (including phenoxy) is 2. The van der Waals surface area contributed by atoms with Crippen LogP contribution in [0.2, 0.25) is 0 Å². The van der Waals surface area contributed by atoms with E-state index >= 15 is 0 Å². The van der Waals surface area contributed by atoms with Crippen molar-refractivity contribution in [1.82, 2.24) is 5.32 Å². The Morgan fingerprint density at radius 2 is 1.69 bits per heavy atom. The van der Waals surface area contributed by atoms with Gasteiger partial charge in [-0.2, -0.15) is 27.2 Å². The van der Waals surface area contributed by atoms with Crippen LogP contribution in [0, 0.1) is 11.3 Å². The number of nitrogens with zero attached hydrogens (tertiary/aromatic N) is 2. The third kappa shape index (κ3) is 8.70. The van der Waals surface area contributed by atoms with Gasteiger partial charge in [0.05, 0.1) is 53.9 Å². The lowest BCUT2D eigenvalue weighted by atomic mass is 10.0. The molecule has 0 spiro atoms. The summed E-state index contributed by atoms with van der Waals surface area (Å²) < 4.78 is 99.0. The molecule has 14 heteroatoms. The molecule has 0 aliphatic carbocycles. The maximum atomic E-state index is 13.1. The summed E-state index contributed by atoms with van der Waals surface area (Å²) in [5.74, 6) is -0.358. The molecule has 0 bridgehead atoms. The van der Waals surface area contributed by atoms with Gasteiger partial charge in [0.25, 0.3) is 5.91 Å². The molecular weight excluding hydrogens is 621 g/mol. The number of rotatable bonds is 12. The minimum atomic E-state index is -4.49. The Balaban J connectivity index is 1.46. The first-order valence-corrected chi connectivity index (χ1v) is 15.6. The minimum Gasteiger partial charge on any atom is -0.489 e. The van der Waals surface area contributed by atoms with Gasteiger partial charge in [-0.15, -0.1) is 0 Å². The summed E-state index contributed by atoms with van der Waals surface area (Å²) in [4.78, 5) is 15.0. The number of anilines is 1. The van der Waals surface area contributed by atoms with Crippen molar-refractivity contribution in [2.75, 3.05) is 23.8 Å². The number of hydrogen-bond acceptors (Lipinski definition) is 7. The van der Waals surface area contributed by atoms with Gasteiger partial charge in [0.15, 0.2) is 9.84 Å². The van der Waals surface area contributed by atoms with E-state index in [2.05, 4.69) is 10.1 Å². The molecule has 1 aliphatic rings. The Kier molecular flexibility index (Phi) is 10.7. The summed E-state index contributed by atoms with van der Waals surface area (Å²) in [7, 11) is -3.41. The van der Waals surface area contributed by atoms with Crippen LogP contribution >= 0.6 is 0 Å². The van der Waals surface area contributed by atoms with Gasteiger partial charge in [-0.1, -0.05) is 19.1 Å². The maximum absolute atomic E-state index is 13.1. The Morgan fingerprint density at radius 3 is 2.24 bits per heavy atom. The SMILES string of the molecule is CCS(=O)(=O)c1ccc([C@@H](CC#N)NC(=O)c2ccc(N3C[C@H](Oc4ccc(C(F)(F)F)cc4)C[C@H]3COC(F)F)cc2)cc1. The maximum Gasteiger partial charge on any atom is 0.416 e. The van der Waals surface area contributed by atoms with Crippen LogP contribution in [0.3, 0.4) is 0 Å². The van der Waals surface area contributed by atoms with Crippen molar-refractivity contribution < 1.29 is 44.6 Å². The van der Waals surface area contributed by atoms with Crippen LogP contribution < -0.4 is 15.0 Å². The molecule has 1 fully saturated rings. The van der Waals surface area contributed by atoms with E-state index in [9.17, 15) is 40.4 Å². The van der Waals surface area contributed by atoms with Crippen LogP contribution in [-0.2, 0) is 20.8 Å². The van der Waals surface area contributed by atoms with Crippen LogP contribution in [0.1, 0.15) is 47.3 Å². The lowest BCUT2D eigenvalue weighted by molar-refractivity contribution is -0.137. The van der Waals surface area contributed by atoms with E-state index in [-0.39, 0.29) is 48.0 Å². The topological polar surface area (TPSA) is 109 Å². The summed E-state index contributed by atoms with van der Waals surface area (Å²) in [6.45, 7) is -1.58. The third-order valence-electron chi connectivity index (χ3n) is 7.36. The number of hydrogen-bond donors (Lipinski definition) is 1. The van der Waals surface area contributed by atoms with Crippen molar-refractivity contribution in [2.45, 2.75) is 55.6 Å². The van der Waals surface area contributed by atoms with Gasteiger partial charge in [-0.3, -0.25) is 4.79 Å². The summed E-state index contributed by atoms with van der Waals surface area (Å²) in [5.41, 5.74) is 0.558. The van der Waals surface area contributed by atoms with Crippen LogP contribution in [0.25, 0.3) is 0 Å². The molecule has 0 aromatic heterocycles. The van der Waals surface area contributed by atoms with Crippen LogP contribution in [0.15, 0.2) is 77.7 Å². The number of carbonyl (C=O) groups excluding carboxylic acids is 1. The van der Waals surface area contributed by atoms with Crippen molar-refractivity contribution in [1.29, 1.82) is 5.26 Å². The number of amides is 1. The van der Waals surface area contributed by atoms with E-state index in [4.69, 9.17) is 4.74 Å². The first-order chi connectivity index (χ1) is 21.3. The predicted molar refractivity (Wildman–Crippen MR) is 155 cm³/mol. The quantitative estimate of drug-likeness (QED) is 0.234. The fourth-order valence-corrected chi connectivity index (χ4v) is 5.88. The van der Waals surface area contributed by atoms with E-state index in [1.807, 2.05) is 6.07 Å². The van der Waals surface area contributed by atoms with E-state index in [0.717, 1.165) is 12.1 Å². The largest absolute Gasteiger partial charge is 0.489 e. The molecule has 45 heavy (non-hydrogen) atoms. The predicted octanol–water partition coefficient (Wildman–Crippen LogP) is 6.15. The highest BCUT2D eigenvalue weighted by Crippen LogP contribution is 2.33. The van der Waals surface area contributed by atoms with Crippen LogP contribution in [0.5, 0.6) is 5.75 Å². The summed E-state index contributed by atoms with van der Waals surface area (Å²) in [5, 5.41) is 12.1. The molecule has 0 unspecified atom stereocenters. The van der Waals surface area contributed by atoms with Gasteiger partial charge in [0.1, 0.15) is 11.9 Å². The molecule has 1 saturated heterocycles. The molecule has 3 aromatic carbocycles. The molecule has 1 heterocycles. The molecule has 3 aromatic rings. The Morgan fingerprint density at radius 1 is 1.04 bits per heavy atom. The first-order valence-electron chi connectivity index (χ1n) is 13.9. The molecule has 1 amide bonds. The Labute approximate surface area is 257 Å². The average Bonchev–Trinajstić information content (AvgIpc) is 3.42. The molecule has 0 radical (unpaired) electrons. The second-order valence-corrected chi connectivity index (χ2v) is 12.6. The van der Waals surface area contributed by atoms with Gasteiger partial charge >= 0.3 is 12.8 Å². The smallest absolute Gasteiger partial charge is 0.416 e. The highest BCUT2D eigenvalue weighted by atomic mass is 32.2. The zero-order valence-corrected chi connectivity index (χ0v) is 24.8. The standard InChI is InChI=1S/C31H30F5N3O5S/c1-2-45(41,42)27-13-5-20(6-14-27)28(15-16-37)38-29(40)21-3-9-23(10-4-21)39-18-26(17-24(39)19-43-30(32)33)44-25-11-7-22(8-12-25)31(34,35)36/h3-14,24,26,28,30H,2,15,17-19H2,1H3,(H,38,40)/t24-,26+,28+/m0/s1. The number of alkyl halides is 5. The number of sulfone groups is 1. The number of benzene rings is 3. The van der Waals surface area contributed by atoms with Gasteiger partial charge < -0.3 is 19.7 Å². The summed E-state index contributed by atoms with van der Waals surface area (Å²) in [6.07, 6.45) is -4.85. The average molecular weight is 652 g/mol. The second-order valence-electron chi connectivity index (χ2n) is 10.3. The fraction of sp³-hybridized carbons (Fsp3) is 0.355. The normalized spacial score (nSPS) is 17.6. The molecule has 1 N–H and O–H groups in total. The van der Waals surface area contributed by atoms with Crippen LogP contribution in [0.4, 0.5) is 27.6 Å². The lowest BCUT2D eigenvalue weighted by Crippen LogP contribution is -2.34. The molecule has 1 aliphatic heterocycles. The molecule has 4 rings (SSSR count). The van der Waals surface area contributed by atoms with Crippen molar-refractivity contribution in [3.63, 3.8) is 0 Å². The summed E-state index contributed by atoms with van der Waals surface area (Å²) in [6, 6.07) is 17.2. The Hall–Kier alpha value is -4.22. The lowest BCUT2D eigenvalue weighted by Gasteiger charge is -2.26. The zero-order chi connectivity index (χ0) is 32.8. The monoisotopic (exact) mass is 651 g/mol. The molecule has 0 saturated carbocycles. The van der Waals surface area contributed by atoms with Crippen LogP contribution in [-0.4, -0.2) is 52.0 Å². The van der Waals surface area contributed by atoms with Crippen molar-refractivity contribution in [3.05, 3.63) is 89.5 Å². The van der Waals surface area contributed by atoms with E-state index in [0.29, 0.717) is 11.3 Å². The van der Waals surface area contributed by atoms with E-state index in [1.54, 1.807) is 29.2 Å². The van der Waals surface area contributed by atoms with Crippen molar-refractivity contribution in [2.24, 2.45) is 0 Å².